The maximum atomic E-state index is 11.1. The Morgan fingerprint density at radius 1 is 1.35 bits per heavy atom. The molecule has 20 heavy (non-hydrogen) atoms. The van der Waals surface area contributed by atoms with Crippen molar-refractivity contribution in [2.75, 3.05) is 19.1 Å². The zero-order valence-electron chi connectivity index (χ0n) is 11.0. The molecule has 1 aromatic heterocycles. The van der Waals surface area contributed by atoms with Crippen molar-refractivity contribution >= 4 is 25.8 Å². The summed E-state index contributed by atoms with van der Waals surface area (Å²) in [7, 11) is -1.47. The molecule has 0 aliphatic heterocycles. The van der Waals surface area contributed by atoms with Gasteiger partial charge in [-0.05, 0) is 34.1 Å². The van der Waals surface area contributed by atoms with Crippen molar-refractivity contribution in [2.45, 2.75) is 6.42 Å². The Bertz CT molecular complexity index is 712. The van der Waals surface area contributed by atoms with Gasteiger partial charge in [-0.15, -0.1) is 10.2 Å². The Labute approximate surface area is 125 Å². The third-order valence-corrected chi connectivity index (χ3v) is 4.12. The van der Waals surface area contributed by atoms with Gasteiger partial charge in [-0.1, -0.05) is 0 Å². The maximum Gasteiger partial charge on any atom is 0.247 e. The molecule has 1 aromatic carbocycles. The molecule has 8 heteroatoms. The summed E-state index contributed by atoms with van der Waals surface area (Å²) < 4.78 is 33.5. The number of sulfone groups is 1. The average Bonchev–Trinajstić information content (AvgIpc) is 2.84. The summed E-state index contributed by atoms with van der Waals surface area (Å²) in [5.41, 5.74) is 0.732. The fourth-order valence-corrected chi connectivity index (χ4v) is 2.63. The second kappa shape index (κ2) is 5.92. The zero-order chi connectivity index (χ0) is 14.8. The van der Waals surface area contributed by atoms with Crippen LogP contribution in [0.15, 0.2) is 27.1 Å². The molecule has 0 bridgehead atoms. The summed E-state index contributed by atoms with van der Waals surface area (Å²) in [4.78, 5) is 0. The topological polar surface area (TPSA) is 82.3 Å². The first-order valence-corrected chi connectivity index (χ1v) is 8.58. The molecule has 108 valence electrons. The van der Waals surface area contributed by atoms with E-state index < -0.39 is 9.84 Å². The third kappa shape index (κ3) is 3.80. The van der Waals surface area contributed by atoms with Crippen LogP contribution in [0.1, 0.15) is 5.89 Å². The number of aryl methyl sites for hydroxylation is 1. The first-order chi connectivity index (χ1) is 9.39. The fourth-order valence-electron chi connectivity index (χ4n) is 1.54. The number of nitrogens with zero attached hydrogens (tertiary/aromatic N) is 2. The van der Waals surface area contributed by atoms with E-state index in [0.29, 0.717) is 17.5 Å². The van der Waals surface area contributed by atoms with Crippen LogP contribution in [0.25, 0.3) is 11.5 Å². The lowest BCUT2D eigenvalue weighted by atomic mass is 10.2. The van der Waals surface area contributed by atoms with Crippen LogP contribution in [-0.2, 0) is 16.3 Å². The number of methoxy groups -OCH3 is 1. The van der Waals surface area contributed by atoms with E-state index in [1.807, 2.05) is 0 Å². The van der Waals surface area contributed by atoms with Crippen LogP contribution in [0.2, 0.25) is 0 Å². The standard InChI is InChI=1S/C12H13BrN2O4S/c1-18-10-4-3-8(7-9(10)13)12-15-14-11(19-12)5-6-20(2,16)17/h3-4,7H,5-6H2,1-2H3. The third-order valence-electron chi connectivity index (χ3n) is 2.55. The Morgan fingerprint density at radius 3 is 2.70 bits per heavy atom. The van der Waals surface area contributed by atoms with Crippen LogP contribution in [0, 0.1) is 0 Å². The predicted octanol–water partition coefficient (Wildman–Crippen LogP) is 2.09. The molecule has 0 saturated carbocycles. The smallest absolute Gasteiger partial charge is 0.247 e. The molecule has 0 aliphatic rings. The van der Waals surface area contributed by atoms with Gasteiger partial charge >= 0.3 is 0 Å². The van der Waals surface area contributed by atoms with Crippen molar-refractivity contribution in [3.63, 3.8) is 0 Å². The van der Waals surface area contributed by atoms with Crippen LogP contribution in [-0.4, -0.2) is 37.7 Å². The summed E-state index contributed by atoms with van der Waals surface area (Å²) in [5.74, 6) is 1.33. The van der Waals surface area contributed by atoms with E-state index in [-0.39, 0.29) is 12.2 Å². The number of aromatic nitrogens is 2. The molecule has 0 saturated heterocycles. The van der Waals surface area contributed by atoms with Gasteiger partial charge in [0.1, 0.15) is 15.6 Å². The van der Waals surface area contributed by atoms with Crippen LogP contribution < -0.4 is 4.74 Å². The van der Waals surface area contributed by atoms with E-state index in [2.05, 4.69) is 26.1 Å². The van der Waals surface area contributed by atoms with Crippen molar-refractivity contribution in [1.29, 1.82) is 0 Å². The number of halogens is 1. The molecule has 1 heterocycles. The van der Waals surface area contributed by atoms with Crippen molar-refractivity contribution in [3.8, 4) is 17.2 Å². The molecule has 0 amide bonds. The van der Waals surface area contributed by atoms with E-state index >= 15 is 0 Å². The van der Waals surface area contributed by atoms with Crippen LogP contribution in [0.4, 0.5) is 0 Å². The molecular formula is C12H13BrN2O4S. The molecule has 0 atom stereocenters. The first-order valence-electron chi connectivity index (χ1n) is 5.73. The Hall–Kier alpha value is -1.41. The normalized spacial score (nSPS) is 11.6. The van der Waals surface area contributed by atoms with E-state index in [4.69, 9.17) is 9.15 Å². The monoisotopic (exact) mass is 360 g/mol. The van der Waals surface area contributed by atoms with Gasteiger partial charge in [-0.2, -0.15) is 0 Å². The highest BCUT2D eigenvalue weighted by Crippen LogP contribution is 2.29. The van der Waals surface area contributed by atoms with E-state index in [1.165, 1.54) is 6.26 Å². The van der Waals surface area contributed by atoms with Crippen LogP contribution in [0.3, 0.4) is 0 Å². The lowest BCUT2D eigenvalue weighted by molar-refractivity contribution is 0.412. The summed E-state index contributed by atoms with van der Waals surface area (Å²) in [5, 5.41) is 7.75. The van der Waals surface area contributed by atoms with Gasteiger partial charge in [0.2, 0.25) is 11.8 Å². The van der Waals surface area contributed by atoms with Gasteiger partial charge in [0.05, 0.1) is 17.3 Å². The van der Waals surface area contributed by atoms with Crippen molar-refractivity contribution in [1.82, 2.24) is 10.2 Å². The van der Waals surface area contributed by atoms with Gasteiger partial charge in [-0.25, -0.2) is 8.42 Å². The number of ether oxygens (including phenoxy) is 1. The van der Waals surface area contributed by atoms with Crippen LogP contribution >= 0.6 is 15.9 Å². The summed E-state index contributed by atoms with van der Waals surface area (Å²) in [6.45, 7) is 0. The highest BCUT2D eigenvalue weighted by Gasteiger charge is 2.12. The van der Waals surface area contributed by atoms with Gasteiger partial charge in [0.25, 0.3) is 0 Å². The van der Waals surface area contributed by atoms with E-state index in [9.17, 15) is 8.42 Å². The number of benzene rings is 1. The Kier molecular flexibility index (Phi) is 4.44. The molecule has 0 N–H and O–H groups in total. The van der Waals surface area contributed by atoms with E-state index in [1.54, 1.807) is 25.3 Å². The summed E-state index contributed by atoms with van der Waals surface area (Å²) >= 11 is 3.37. The Morgan fingerprint density at radius 2 is 2.10 bits per heavy atom. The lowest BCUT2D eigenvalue weighted by Gasteiger charge is -2.03. The van der Waals surface area contributed by atoms with Gasteiger partial charge in [0.15, 0.2) is 0 Å². The fraction of sp³-hybridized carbons (Fsp3) is 0.333. The molecule has 6 nitrogen and oxygen atoms in total. The highest BCUT2D eigenvalue weighted by atomic mass is 79.9. The molecule has 2 rings (SSSR count). The van der Waals surface area contributed by atoms with Crippen molar-refractivity contribution in [2.24, 2.45) is 0 Å². The van der Waals surface area contributed by atoms with Gasteiger partial charge in [-0.3, -0.25) is 0 Å². The zero-order valence-corrected chi connectivity index (χ0v) is 13.4. The SMILES string of the molecule is COc1ccc(-c2nnc(CCS(C)(=O)=O)o2)cc1Br. The maximum absolute atomic E-state index is 11.1. The highest BCUT2D eigenvalue weighted by molar-refractivity contribution is 9.10. The largest absolute Gasteiger partial charge is 0.496 e. The quantitative estimate of drug-likeness (QED) is 0.811. The second-order valence-corrected chi connectivity index (χ2v) is 7.34. The summed E-state index contributed by atoms with van der Waals surface area (Å²) in [6, 6.07) is 5.37. The Balaban J connectivity index is 2.18. The molecule has 2 aromatic rings. The minimum atomic E-state index is -3.05. The number of hydrogen-bond donors (Lipinski definition) is 0. The van der Waals surface area contributed by atoms with E-state index in [0.717, 1.165) is 10.0 Å². The molecule has 0 fully saturated rings. The number of hydrogen-bond acceptors (Lipinski definition) is 6. The van der Waals surface area contributed by atoms with Crippen molar-refractivity contribution in [3.05, 3.63) is 28.6 Å². The van der Waals surface area contributed by atoms with Gasteiger partial charge in [0, 0.05) is 18.2 Å². The molecular weight excluding hydrogens is 348 g/mol. The number of rotatable bonds is 5. The van der Waals surface area contributed by atoms with Crippen LogP contribution in [0.5, 0.6) is 5.75 Å². The molecule has 0 spiro atoms. The predicted molar refractivity (Wildman–Crippen MR) is 77.4 cm³/mol. The second-order valence-electron chi connectivity index (χ2n) is 4.23. The minimum absolute atomic E-state index is 0.0130. The van der Waals surface area contributed by atoms with Crippen molar-refractivity contribution < 1.29 is 17.6 Å². The minimum Gasteiger partial charge on any atom is -0.496 e. The van der Waals surface area contributed by atoms with Gasteiger partial charge < -0.3 is 9.15 Å². The molecule has 0 aliphatic carbocycles. The molecule has 0 unspecified atom stereocenters. The summed E-state index contributed by atoms with van der Waals surface area (Å²) in [6.07, 6.45) is 1.38. The molecule has 0 radical (unpaired) electrons. The average molecular weight is 361 g/mol. The lowest BCUT2D eigenvalue weighted by Crippen LogP contribution is -2.05. The first kappa shape index (κ1) is 15.0.